The number of carbonyl (C=O) groups is 1. The van der Waals surface area contributed by atoms with Crippen molar-refractivity contribution < 1.29 is 27.8 Å². The van der Waals surface area contributed by atoms with Gasteiger partial charge in [0.2, 0.25) is 10.0 Å². The molecule has 264 valence electrons. The van der Waals surface area contributed by atoms with E-state index in [1.54, 1.807) is 25.1 Å². The van der Waals surface area contributed by atoms with E-state index in [0.717, 1.165) is 69.5 Å². The van der Waals surface area contributed by atoms with Crippen LogP contribution < -0.4 is 14.4 Å². The van der Waals surface area contributed by atoms with E-state index in [9.17, 15) is 18.3 Å². The molecule has 1 saturated carbocycles. The van der Waals surface area contributed by atoms with Gasteiger partial charge in [0.25, 0.3) is 5.91 Å². The average Bonchev–Trinajstić information content (AvgIpc) is 3.05. The molecule has 0 unspecified atom stereocenters. The van der Waals surface area contributed by atoms with Crippen molar-refractivity contribution in [2.75, 3.05) is 44.2 Å². The zero-order chi connectivity index (χ0) is 34.1. The third-order valence-electron chi connectivity index (χ3n) is 11.4. The topological polar surface area (TPSA) is 108 Å². The molecule has 0 spiro atoms. The molecule has 1 amide bonds. The number of nitrogens with one attached hydrogen (secondary N) is 1. The number of fused-ring (bicyclic) bond motifs is 3. The van der Waals surface area contributed by atoms with E-state index < -0.39 is 26.8 Å². The molecule has 6 rings (SSSR count). The Morgan fingerprint density at radius 2 is 1.83 bits per heavy atom. The van der Waals surface area contributed by atoms with Gasteiger partial charge in [0.1, 0.15) is 12.4 Å². The maximum absolute atomic E-state index is 13.5. The summed E-state index contributed by atoms with van der Waals surface area (Å²) in [7, 11) is -3.94. The first-order valence-corrected chi connectivity index (χ1v) is 19.8. The summed E-state index contributed by atoms with van der Waals surface area (Å²) in [6.07, 6.45) is 6.82. The number of anilines is 1. The van der Waals surface area contributed by atoms with Crippen molar-refractivity contribution in [2.45, 2.75) is 95.7 Å². The van der Waals surface area contributed by atoms with Gasteiger partial charge in [-0.05, 0) is 118 Å². The lowest BCUT2D eigenvalue weighted by molar-refractivity contribution is -0.121. The van der Waals surface area contributed by atoms with Gasteiger partial charge in [0, 0.05) is 43.3 Å². The molecule has 3 heterocycles. The molecular weight excluding hydrogens is 650 g/mol. The number of hydrogen-bond acceptors (Lipinski definition) is 8. The first kappa shape index (κ1) is 35.5. The normalized spacial score (nSPS) is 32.0. The Bertz CT molecular complexity index is 1570. The number of ether oxygens (including phenoxy) is 2. The number of aliphatic hydroxyl groups is 1. The van der Waals surface area contributed by atoms with E-state index in [1.165, 1.54) is 5.56 Å². The molecular formula is C37H52ClN3O6S. The van der Waals surface area contributed by atoms with Crippen LogP contribution in [0.15, 0.2) is 36.4 Å². The van der Waals surface area contributed by atoms with Crippen LogP contribution in [0.3, 0.4) is 0 Å². The Hall–Kier alpha value is -2.37. The summed E-state index contributed by atoms with van der Waals surface area (Å²) >= 11 is 6.37. The number of halogens is 1. The number of β-amino-alcohol motifs (C(OH)–C–C–N with tert-alkyl or cyclic N) is 1. The fourth-order valence-electron chi connectivity index (χ4n) is 8.21. The SMILES string of the molecule is C[C@@H]1[C@@H](C)CCC[C@@](O)(CN2CCO[C@@H](C)C2)[C@@H]2CC[C@H]2CN2CCCCc3cc(Cl)ccc3COc3ccc(cc32)C(=O)NS1(=O)=O. The second kappa shape index (κ2) is 14.9. The van der Waals surface area contributed by atoms with Gasteiger partial charge < -0.3 is 19.5 Å². The summed E-state index contributed by atoms with van der Waals surface area (Å²) in [5, 5.41) is 12.5. The first-order chi connectivity index (χ1) is 22.9. The minimum absolute atomic E-state index is 0.112. The van der Waals surface area contributed by atoms with Gasteiger partial charge in [-0.25, -0.2) is 13.1 Å². The van der Waals surface area contributed by atoms with E-state index in [1.807, 2.05) is 25.1 Å². The van der Waals surface area contributed by atoms with Crippen LogP contribution >= 0.6 is 11.6 Å². The molecule has 0 radical (unpaired) electrons. The third-order valence-corrected chi connectivity index (χ3v) is 13.6. The highest BCUT2D eigenvalue weighted by molar-refractivity contribution is 7.90. The molecule has 2 bridgehead atoms. The van der Waals surface area contributed by atoms with Crippen LogP contribution in [0.4, 0.5) is 5.69 Å². The summed E-state index contributed by atoms with van der Waals surface area (Å²) in [5.41, 5.74) is 2.41. The predicted molar refractivity (Wildman–Crippen MR) is 189 cm³/mol. The Morgan fingerprint density at radius 1 is 1.00 bits per heavy atom. The number of morpholine rings is 1. The van der Waals surface area contributed by atoms with E-state index in [0.29, 0.717) is 49.8 Å². The highest BCUT2D eigenvalue weighted by Gasteiger charge is 2.48. The van der Waals surface area contributed by atoms with Crippen molar-refractivity contribution in [2.24, 2.45) is 17.8 Å². The number of carbonyl (C=O) groups excluding carboxylic acids is 1. The van der Waals surface area contributed by atoms with E-state index in [4.69, 9.17) is 21.1 Å². The van der Waals surface area contributed by atoms with E-state index in [2.05, 4.69) is 21.4 Å². The van der Waals surface area contributed by atoms with Crippen molar-refractivity contribution in [3.8, 4) is 5.75 Å². The highest BCUT2D eigenvalue weighted by Crippen LogP contribution is 2.46. The number of amides is 1. The van der Waals surface area contributed by atoms with Crippen molar-refractivity contribution >= 4 is 33.2 Å². The lowest BCUT2D eigenvalue weighted by atomic mass is 9.62. The summed E-state index contributed by atoms with van der Waals surface area (Å²) in [4.78, 5) is 18.2. The molecule has 2 aromatic rings. The number of rotatable bonds is 2. The lowest BCUT2D eigenvalue weighted by Gasteiger charge is -2.51. The summed E-state index contributed by atoms with van der Waals surface area (Å²) in [5.74, 6) is 0.203. The Kier molecular flexibility index (Phi) is 11.0. The maximum atomic E-state index is 13.5. The van der Waals surface area contributed by atoms with Gasteiger partial charge in [-0.2, -0.15) is 0 Å². The molecule has 48 heavy (non-hydrogen) atoms. The third kappa shape index (κ3) is 7.99. The van der Waals surface area contributed by atoms with Crippen molar-refractivity contribution in [3.05, 3.63) is 58.1 Å². The fourth-order valence-corrected chi connectivity index (χ4v) is 9.72. The molecule has 4 aliphatic rings. The largest absolute Gasteiger partial charge is 0.487 e. The number of sulfonamides is 1. The number of nitrogens with zero attached hydrogens (tertiary/aromatic N) is 2. The predicted octanol–water partition coefficient (Wildman–Crippen LogP) is 5.81. The van der Waals surface area contributed by atoms with Crippen molar-refractivity contribution in [3.63, 3.8) is 0 Å². The van der Waals surface area contributed by atoms with E-state index in [-0.39, 0.29) is 29.4 Å². The minimum atomic E-state index is -3.94. The molecule has 0 aromatic heterocycles. The van der Waals surface area contributed by atoms with Gasteiger partial charge in [-0.1, -0.05) is 31.0 Å². The monoisotopic (exact) mass is 701 g/mol. The molecule has 11 heteroatoms. The van der Waals surface area contributed by atoms with Crippen LogP contribution in [0.5, 0.6) is 5.75 Å². The van der Waals surface area contributed by atoms with Crippen LogP contribution in [0.1, 0.15) is 87.2 Å². The number of benzene rings is 2. The summed E-state index contributed by atoms with van der Waals surface area (Å²) in [6.45, 7) is 10.3. The van der Waals surface area contributed by atoms with Crippen LogP contribution in [0.2, 0.25) is 5.02 Å². The molecule has 9 nitrogen and oxygen atoms in total. The van der Waals surface area contributed by atoms with Crippen LogP contribution in [0, 0.1) is 17.8 Å². The van der Waals surface area contributed by atoms with Gasteiger partial charge >= 0.3 is 0 Å². The van der Waals surface area contributed by atoms with Crippen LogP contribution in [-0.2, 0) is 27.8 Å². The summed E-state index contributed by atoms with van der Waals surface area (Å²) < 4.78 is 41.6. The minimum Gasteiger partial charge on any atom is -0.487 e. The standard InChI is InChI=1S/C37H52ClN3O6S/c1-25-7-6-15-37(43,24-40-17-18-46-26(2)21-40)33-13-10-30(33)22-41-16-5-4-8-28-19-32(38)12-9-31(28)23-47-35-14-11-29(20-34(35)41)36(42)39-48(44,45)27(25)3/h9,11-12,14,19-20,25-27,30,33,43H,4-8,10,13,15-18,21-24H2,1-3H3,(H,39,42)/t25-,26-,27+,30-,33+,37+/m0/s1. The quantitative estimate of drug-likeness (QED) is 0.404. The maximum Gasteiger partial charge on any atom is 0.264 e. The summed E-state index contributed by atoms with van der Waals surface area (Å²) in [6, 6.07) is 11.2. The first-order valence-electron chi connectivity index (χ1n) is 17.8. The highest BCUT2D eigenvalue weighted by atomic mass is 35.5. The van der Waals surface area contributed by atoms with Gasteiger partial charge in [-0.3, -0.25) is 9.69 Å². The second-order valence-corrected chi connectivity index (χ2v) is 17.3. The molecule has 2 fully saturated rings. The smallest absolute Gasteiger partial charge is 0.264 e. The van der Waals surface area contributed by atoms with Crippen LogP contribution in [-0.4, -0.2) is 80.6 Å². The zero-order valence-electron chi connectivity index (χ0n) is 28.6. The molecule has 2 aromatic carbocycles. The number of hydrogen-bond donors (Lipinski definition) is 2. The number of aryl methyl sites for hydroxylation is 1. The molecule has 1 aliphatic carbocycles. The zero-order valence-corrected chi connectivity index (χ0v) is 30.2. The Morgan fingerprint density at radius 3 is 2.60 bits per heavy atom. The second-order valence-electron chi connectivity index (χ2n) is 14.8. The average molecular weight is 702 g/mol. The van der Waals surface area contributed by atoms with Crippen molar-refractivity contribution in [1.29, 1.82) is 0 Å². The lowest BCUT2D eigenvalue weighted by Crippen LogP contribution is -2.58. The van der Waals surface area contributed by atoms with Gasteiger partial charge in [0.15, 0.2) is 0 Å². The van der Waals surface area contributed by atoms with Gasteiger partial charge in [0.05, 0.1) is 29.2 Å². The Labute approximate surface area is 291 Å². The Balaban J connectivity index is 1.37. The van der Waals surface area contributed by atoms with Crippen LogP contribution in [0.25, 0.3) is 0 Å². The van der Waals surface area contributed by atoms with Crippen molar-refractivity contribution in [1.82, 2.24) is 9.62 Å². The molecule has 6 atom stereocenters. The van der Waals surface area contributed by atoms with E-state index >= 15 is 0 Å². The van der Waals surface area contributed by atoms with Gasteiger partial charge in [-0.15, -0.1) is 0 Å². The molecule has 1 saturated heterocycles. The molecule has 2 N–H and O–H groups in total. The molecule has 3 aliphatic heterocycles. The fraction of sp³-hybridized carbons (Fsp3) is 0.649.